The molecule has 2 saturated heterocycles. The summed E-state index contributed by atoms with van der Waals surface area (Å²) in [6, 6.07) is 0. The summed E-state index contributed by atoms with van der Waals surface area (Å²) < 4.78 is 0. The van der Waals surface area contributed by atoms with Gasteiger partial charge in [0.25, 0.3) is 0 Å². The van der Waals surface area contributed by atoms with Crippen molar-refractivity contribution in [3.8, 4) is 0 Å². The lowest BCUT2D eigenvalue weighted by Crippen LogP contribution is -2.52. The highest BCUT2D eigenvalue weighted by Crippen LogP contribution is 2.36. The highest BCUT2D eigenvalue weighted by molar-refractivity contribution is 5.76. The molecule has 2 heterocycles. The summed E-state index contributed by atoms with van der Waals surface area (Å²) in [6.07, 6.45) is 14.0. The lowest BCUT2D eigenvalue weighted by molar-refractivity contribution is -0.135. The van der Waals surface area contributed by atoms with Gasteiger partial charge in [0.1, 0.15) is 0 Å². The SMILES string of the molecule is O=C(CCC1CCCCC1)N1CCCC2(CCCNC2)C1. The number of amides is 1. The fraction of sp³-hybridized carbons (Fsp3) is 0.944. The standard InChI is InChI=1S/C18H32N2O/c21-17(9-8-16-6-2-1-3-7-16)20-13-5-11-18(15-20)10-4-12-19-14-18/h16,19H,1-15H2. The molecule has 3 rings (SSSR count). The average molecular weight is 292 g/mol. The smallest absolute Gasteiger partial charge is 0.222 e. The quantitative estimate of drug-likeness (QED) is 0.865. The van der Waals surface area contributed by atoms with Crippen LogP contribution in [-0.4, -0.2) is 37.0 Å². The Bertz CT molecular complexity index is 338. The Kier molecular flexibility index (Phi) is 5.20. The van der Waals surface area contributed by atoms with Gasteiger partial charge in [-0.05, 0) is 44.6 Å². The van der Waals surface area contributed by atoms with Crippen molar-refractivity contribution in [2.75, 3.05) is 26.2 Å². The second-order valence-corrected chi connectivity index (χ2v) is 7.74. The van der Waals surface area contributed by atoms with E-state index in [0.29, 0.717) is 11.3 Å². The summed E-state index contributed by atoms with van der Waals surface area (Å²) in [7, 11) is 0. The number of likely N-dealkylation sites (tertiary alicyclic amines) is 1. The van der Waals surface area contributed by atoms with Crippen LogP contribution in [0.25, 0.3) is 0 Å². The van der Waals surface area contributed by atoms with Gasteiger partial charge in [-0.3, -0.25) is 4.79 Å². The van der Waals surface area contributed by atoms with Crippen LogP contribution in [0, 0.1) is 11.3 Å². The maximum Gasteiger partial charge on any atom is 0.222 e. The Labute approximate surface area is 129 Å². The van der Waals surface area contributed by atoms with Crippen LogP contribution < -0.4 is 5.32 Å². The van der Waals surface area contributed by atoms with Crippen LogP contribution in [0.2, 0.25) is 0 Å². The predicted octanol–water partition coefficient (Wildman–Crippen LogP) is 3.34. The van der Waals surface area contributed by atoms with Gasteiger partial charge in [-0.1, -0.05) is 32.1 Å². The summed E-state index contributed by atoms with van der Waals surface area (Å²) >= 11 is 0. The Morgan fingerprint density at radius 2 is 1.90 bits per heavy atom. The molecule has 3 heteroatoms. The molecule has 1 N–H and O–H groups in total. The third-order valence-electron chi connectivity index (χ3n) is 6.07. The fourth-order valence-electron chi connectivity index (χ4n) is 4.76. The van der Waals surface area contributed by atoms with E-state index in [1.165, 1.54) is 57.8 Å². The molecule has 1 saturated carbocycles. The molecule has 1 spiro atoms. The van der Waals surface area contributed by atoms with Gasteiger partial charge >= 0.3 is 0 Å². The van der Waals surface area contributed by atoms with Crippen molar-refractivity contribution in [3.63, 3.8) is 0 Å². The molecule has 1 aliphatic carbocycles. The summed E-state index contributed by atoms with van der Waals surface area (Å²) in [6.45, 7) is 4.31. The Morgan fingerprint density at radius 3 is 2.67 bits per heavy atom. The van der Waals surface area contributed by atoms with Crippen LogP contribution >= 0.6 is 0 Å². The number of nitrogens with zero attached hydrogens (tertiary/aromatic N) is 1. The first-order chi connectivity index (χ1) is 10.3. The van der Waals surface area contributed by atoms with Crippen molar-refractivity contribution >= 4 is 5.91 Å². The van der Waals surface area contributed by atoms with Crippen LogP contribution in [0.15, 0.2) is 0 Å². The van der Waals surface area contributed by atoms with Gasteiger partial charge in [0, 0.05) is 31.5 Å². The second kappa shape index (κ2) is 7.13. The molecule has 3 nitrogen and oxygen atoms in total. The van der Waals surface area contributed by atoms with Crippen molar-refractivity contribution < 1.29 is 4.79 Å². The lowest BCUT2D eigenvalue weighted by atomic mass is 9.74. The minimum atomic E-state index is 0.400. The van der Waals surface area contributed by atoms with E-state index in [2.05, 4.69) is 10.2 Å². The van der Waals surface area contributed by atoms with E-state index in [1.807, 2.05) is 0 Å². The average Bonchev–Trinajstić information content (AvgIpc) is 2.54. The topological polar surface area (TPSA) is 32.3 Å². The van der Waals surface area contributed by atoms with E-state index < -0.39 is 0 Å². The molecule has 1 unspecified atom stereocenters. The first-order valence-electron chi connectivity index (χ1n) is 9.26. The molecule has 21 heavy (non-hydrogen) atoms. The van der Waals surface area contributed by atoms with Crippen molar-refractivity contribution in [2.45, 2.75) is 70.6 Å². The highest BCUT2D eigenvalue weighted by atomic mass is 16.2. The molecule has 2 aliphatic heterocycles. The summed E-state index contributed by atoms with van der Waals surface area (Å²) in [5.41, 5.74) is 0.400. The number of nitrogens with one attached hydrogen (secondary N) is 1. The molecule has 3 fully saturated rings. The van der Waals surface area contributed by atoms with E-state index in [9.17, 15) is 4.79 Å². The zero-order chi connectivity index (χ0) is 14.5. The van der Waals surface area contributed by atoms with E-state index in [0.717, 1.165) is 44.9 Å². The second-order valence-electron chi connectivity index (χ2n) is 7.74. The minimum absolute atomic E-state index is 0.400. The Balaban J connectivity index is 1.47. The van der Waals surface area contributed by atoms with E-state index in [1.54, 1.807) is 0 Å². The van der Waals surface area contributed by atoms with Crippen LogP contribution in [0.1, 0.15) is 70.6 Å². The number of carbonyl (C=O) groups is 1. The molecule has 120 valence electrons. The predicted molar refractivity (Wildman–Crippen MR) is 86.2 cm³/mol. The van der Waals surface area contributed by atoms with Crippen molar-refractivity contribution in [1.82, 2.24) is 10.2 Å². The molecule has 0 radical (unpaired) electrons. The molecular weight excluding hydrogens is 260 g/mol. The van der Waals surface area contributed by atoms with Gasteiger partial charge in [0.15, 0.2) is 0 Å². The third kappa shape index (κ3) is 4.00. The fourth-order valence-corrected chi connectivity index (χ4v) is 4.76. The molecule has 0 aromatic rings. The molecule has 0 aromatic carbocycles. The monoisotopic (exact) mass is 292 g/mol. The van der Waals surface area contributed by atoms with Crippen LogP contribution in [0.5, 0.6) is 0 Å². The minimum Gasteiger partial charge on any atom is -0.342 e. The number of hydrogen-bond donors (Lipinski definition) is 1. The normalized spacial score (nSPS) is 31.5. The number of carbonyl (C=O) groups excluding carboxylic acids is 1. The maximum absolute atomic E-state index is 12.6. The Morgan fingerprint density at radius 1 is 1.10 bits per heavy atom. The van der Waals surface area contributed by atoms with Crippen molar-refractivity contribution in [3.05, 3.63) is 0 Å². The van der Waals surface area contributed by atoms with E-state index >= 15 is 0 Å². The molecule has 1 atom stereocenters. The summed E-state index contributed by atoms with van der Waals surface area (Å²) in [5.74, 6) is 1.27. The van der Waals surface area contributed by atoms with Gasteiger partial charge in [0.05, 0.1) is 0 Å². The molecule has 0 bridgehead atoms. The van der Waals surface area contributed by atoms with Gasteiger partial charge < -0.3 is 10.2 Å². The zero-order valence-electron chi connectivity index (χ0n) is 13.5. The highest BCUT2D eigenvalue weighted by Gasteiger charge is 2.37. The van der Waals surface area contributed by atoms with Gasteiger partial charge in [-0.15, -0.1) is 0 Å². The van der Waals surface area contributed by atoms with E-state index in [4.69, 9.17) is 0 Å². The van der Waals surface area contributed by atoms with Crippen molar-refractivity contribution in [2.24, 2.45) is 11.3 Å². The lowest BCUT2D eigenvalue weighted by Gasteiger charge is -2.45. The largest absolute Gasteiger partial charge is 0.342 e. The zero-order valence-corrected chi connectivity index (χ0v) is 13.5. The molecular formula is C18H32N2O. The molecule has 0 aromatic heterocycles. The van der Waals surface area contributed by atoms with E-state index in [-0.39, 0.29) is 0 Å². The first-order valence-corrected chi connectivity index (χ1v) is 9.26. The molecule has 1 amide bonds. The number of piperidine rings is 2. The van der Waals surface area contributed by atoms with Crippen molar-refractivity contribution in [1.29, 1.82) is 0 Å². The summed E-state index contributed by atoms with van der Waals surface area (Å²) in [4.78, 5) is 14.8. The van der Waals surface area contributed by atoms with Crippen LogP contribution in [-0.2, 0) is 4.79 Å². The number of hydrogen-bond acceptors (Lipinski definition) is 2. The maximum atomic E-state index is 12.6. The van der Waals surface area contributed by atoms with Crippen LogP contribution in [0.4, 0.5) is 0 Å². The van der Waals surface area contributed by atoms with Gasteiger partial charge in [-0.2, -0.15) is 0 Å². The molecule has 3 aliphatic rings. The van der Waals surface area contributed by atoms with Gasteiger partial charge in [0.2, 0.25) is 5.91 Å². The number of rotatable bonds is 3. The first kappa shape index (κ1) is 15.3. The Hall–Kier alpha value is -0.570. The van der Waals surface area contributed by atoms with Crippen LogP contribution in [0.3, 0.4) is 0 Å². The third-order valence-corrected chi connectivity index (χ3v) is 6.07. The summed E-state index contributed by atoms with van der Waals surface area (Å²) in [5, 5.41) is 3.55. The van der Waals surface area contributed by atoms with Gasteiger partial charge in [-0.25, -0.2) is 0 Å².